The second kappa shape index (κ2) is 18.3. The summed E-state index contributed by atoms with van der Waals surface area (Å²) in [6.45, 7) is 12.7. The molecule has 5 aromatic rings. The van der Waals surface area contributed by atoms with E-state index in [0.717, 1.165) is 87.2 Å². The molecule has 1 amide bonds. The number of aromatic amines is 1. The van der Waals surface area contributed by atoms with Crippen LogP contribution in [0.3, 0.4) is 0 Å². The molecule has 19 heteroatoms. The summed E-state index contributed by atoms with van der Waals surface area (Å²) < 4.78 is 47.9. The highest BCUT2D eigenvalue weighted by atomic mass is 35.5. The molecule has 0 saturated carbocycles. The highest BCUT2D eigenvalue weighted by molar-refractivity contribution is 7.90. The Balaban J connectivity index is 0.916. The van der Waals surface area contributed by atoms with Crippen molar-refractivity contribution >= 4 is 72.6 Å². The van der Waals surface area contributed by atoms with E-state index in [4.69, 9.17) is 30.8 Å². The fourth-order valence-electron chi connectivity index (χ4n) is 9.89. The van der Waals surface area contributed by atoms with Crippen LogP contribution < -0.4 is 29.3 Å². The van der Waals surface area contributed by atoms with Crippen LogP contribution in [0, 0.1) is 15.5 Å². The first kappa shape index (κ1) is 44.9. The molecule has 2 aromatic heterocycles. The largest absolute Gasteiger partial charge is 0.489 e. The van der Waals surface area contributed by atoms with E-state index in [9.17, 15) is 23.3 Å². The van der Waals surface area contributed by atoms with Crippen molar-refractivity contribution in [3.63, 3.8) is 0 Å². The summed E-state index contributed by atoms with van der Waals surface area (Å²) in [7, 11) is -4.66. The van der Waals surface area contributed by atoms with Gasteiger partial charge < -0.3 is 34.3 Å². The van der Waals surface area contributed by atoms with Gasteiger partial charge >= 0.3 is 0 Å². The van der Waals surface area contributed by atoms with Crippen molar-refractivity contribution in [1.82, 2.24) is 24.5 Å². The zero-order valence-corrected chi connectivity index (χ0v) is 39.1. The van der Waals surface area contributed by atoms with Crippen molar-refractivity contribution in [3.05, 3.63) is 105 Å². The predicted molar refractivity (Wildman–Crippen MR) is 258 cm³/mol. The van der Waals surface area contributed by atoms with E-state index in [2.05, 4.69) is 55.7 Å². The number of rotatable bonds is 11. The summed E-state index contributed by atoms with van der Waals surface area (Å²) in [6, 6.07) is 19.3. The van der Waals surface area contributed by atoms with Crippen LogP contribution in [0.25, 0.3) is 16.6 Å². The molecular weight excluding hydrogens is 898 g/mol. The molecule has 0 unspecified atom stereocenters. The molecule has 17 nitrogen and oxygen atoms in total. The van der Waals surface area contributed by atoms with E-state index >= 15 is 0 Å². The Morgan fingerprint density at radius 3 is 2.51 bits per heavy atom. The Morgan fingerprint density at radius 1 is 0.940 bits per heavy atom. The molecule has 3 aromatic carbocycles. The summed E-state index contributed by atoms with van der Waals surface area (Å²) in [4.78, 5) is 42.5. The number of carbonyl (C=O) groups is 1. The monoisotopic (exact) mass is 951 g/mol. The lowest BCUT2D eigenvalue weighted by molar-refractivity contribution is -0.384. The number of nitro benzene ring substituents is 1. The van der Waals surface area contributed by atoms with Crippen LogP contribution in [0.15, 0.2) is 83.4 Å². The molecule has 67 heavy (non-hydrogen) atoms. The number of aromatic nitrogens is 2. The van der Waals surface area contributed by atoms with Gasteiger partial charge in [0, 0.05) is 86.8 Å². The van der Waals surface area contributed by atoms with Gasteiger partial charge in [0.25, 0.3) is 21.6 Å². The highest BCUT2D eigenvalue weighted by Gasteiger charge is 2.35. The van der Waals surface area contributed by atoms with Gasteiger partial charge in [-0.1, -0.05) is 43.2 Å². The van der Waals surface area contributed by atoms with Gasteiger partial charge in [-0.25, -0.2) is 13.1 Å². The fourth-order valence-corrected chi connectivity index (χ4v) is 11.0. The number of allylic oxidation sites excluding steroid dienone is 1. The van der Waals surface area contributed by atoms with Crippen LogP contribution in [0.5, 0.6) is 11.6 Å². The molecule has 1 atom stereocenters. The van der Waals surface area contributed by atoms with Crippen molar-refractivity contribution < 1.29 is 32.3 Å². The minimum absolute atomic E-state index is 0.0142. The first-order chi connectivity index (χ1) is 32.3. The number of amides is 1. The van der Waals surface area contributed by atoms with Gasteiger partial charge in [0.1, 0.15) is 24.5 Å². The Kier molecular flexibility index (Phi) is 12.3. The molecule has 4 aliphatic heterocycles. The summed E-state index contributed by atoms with van der Waals surface area (Å²) in [5.41, 5.74) is 6.65. The van der Waals surface area contributed by atoms with Crippen LogP contribution >= 0.6 is 11.6 Å². The summed E-state index contributed by atoms with van der Waals surface area (Å²) in [6.07, 6.45) is 4.98. The average Bonchev–Trinajstić information content (AvgIpc) is 3.79. The number of benzene rings is 3. The number of hydrogen-bond acceptors (Lipinski definition) is 14. The summed E-state index contributed by atoms with van der Waals surface area (Å²) >= 11 is 6.27. The number of pyridine rings is 1. The molecule has 2 fully saturated rings. The number of fused-ring (bicyclic) bond motifs is 3. The van der Waals surface area contributed by atoms with Gasteiger partial charge in [0.2, 0.25) is 5.88 Å². The van der Waals surface area contributed by atoms with Gasteiger partial charge in [-0.15, -0.1) is 0 Å². The zero-order chi connectivity index (χ0) is 46.5. The smallest absolute Gasteiger partial charge is 0.297 e. The number of ether oxygens (including phenoxy) is 3. The maximum absolute atomic E-state index is 14.4. The predicted octanol–water partition coefficient (Wildman–Crippen LogP) is 7.06. The van der Waals surface area contributed by atoms with E-state index in [0.29, 0.717) is 49.2 Å². The first-order valence-electron chi connectivity index (χ1n) is 22.8. The molecular formula is C48H54ClN9O8S. The number of morpholine rings is 1. The SMILES string of the molecule is CC1(C)CCC(CN2CCN(c3ccc(C(=O)NS(=O)(=O)c4cc5c(c([N+](=O)[O-])c4)N[C@H](CN4CCOCC4)CO5)c(N4CCOc5nc6[nH]ccc6cc54)c3)CC2)=C(c2ccc(Cl)cc2)C1. The number of H-pyrrole nitrogens is 1. The molecule has 5 aliphatic rings. The van der Waals surface area contributed by atoms with Gasteiger partial charge in [0.05, 0.1) is 46.9 Å². The van der Waals surface area contributed by atoms with E-state index < -0.39 is 31.4 Å². The lowest BCUT2D eigenvalue weighted by atomic mass is 9.72. The number of carbonyl (C=O) groups excluding carboxylic acids is 1. The minimum Gasteiger partial charge on any atom is -0.489 e. The van der Waals surface area contributed by atoms with Crippen LogP contribution in [-0.2, 0) is 14.8 Å². The number of sulfonamides is 1. The third-order valence-corrected chi connectivity index (χ3v) is 15.1. The van der Waals surface area contributed by atoms with E-state index in [-0.39, 0.29) is 41.7 Å². The number of nitrogens with one attached hydrogen (secondary N) is 3. The number of piperazine rings is 1. The summed E-state index contributed by atoms with van der Waals surface area (Å²) in [5.74, 6) is -0.513. The Bertz CT molecular complexity index is 2860. The lowest BCUT2D eigenvalue weighted by Gasteiger charge is -2.39. The van der Waals surface area contributed by atoms with Crippen molar-refractivity contribution in [2.75, 3.05) is 100 Å². The Labute approximate surface area is 394 Å². The Hall–Kier alpha value is -5.92. The molecule has 0 bridgehead atoms. The topological polar surface area (TPSA) is 188 Å². The molecule has 2 saturated heterocycles. The molecule has 0 radical (unpaired) electrons. The van der Waals surface area contributed by atoms with Gasteiger partial charge in [-0.05, 0) is 78.3 Å². The van der Waals surface area contributed by atoms with Crippen LogP contribution in [-0.4, -0.2) is 130 Å². The standard InChI is InChI=1S/C48H54ClN9O8S/c1-48(2)11-9-33(39(27-48)31-3-5-34(49)6-4-31)28-54-13-15-56(16-14-54)36-7-8-38(40(24-36)57-19-22-65-47-42(57)23-32-10-12-50-45(32)52-47)46(59)53-67(62,63)37-25-41(58(60)61)44-43(26-37)66-30-35(51-44)29-55-17-20-64-21-18-55/h3-8,10,12,23-26,35,51H,9,11,13-22,27-30H2,1-2H3,(H,50,52)(H,53,59)/t35-/m1/s1. The lowest BCUT2D eigenvalue weighted by Crippen LogP contribution is -2.47. The first-order valence-corrected chi connectivity index (χ1v) is 24.7. The molecule has 0 spiro atoms. The molecule has 352 valence electrons. The zero-order valence-electron chi connectivity index (χ0n) is 37.6. The van der Waals surface area contributed by atoms with Crippen molar-refractivity contribution in [1.29, 1.82) is 0 Å². The number of halogens is 1. The van der Waals surface area contributed by atoms with Gasteiger partial charge in [-0.3, -0.25) is 24.7 Å². The second-order valence-corrected chi connectivity index (χ2v) is 20.8. The minimum atomic E-state index is -4.66. The summed E-state index contributed by atoms with van der Waals surface area (Å²) in [5, 5.41) is 17.2. The number of nitrogens with zero attached hydrogens (tertiary/aromatic N) is 6. The van der Waals surface area contributed by atoms with Gasteiger partial charge in [0.15, 0.2) is 11.4 Å². The number of anilines is 4. The second-order valence-electron chi connectivity index (χ2n) is 18.7. The molecule has 6 heterocycles. The van der Waals surface area contributed by atoms with Crippen LogP contribution in [0.2, 0.25) is 5.02 Å². The van der Waals surface area contributed by atoms with Crippen molar-refractivity contribution in [2.24, 2.45) is 5.41 Å². The fraction of sp³-hybridized carbons (Fsp3) is 0.417. The van der Waals surface area contributed by atoms with Gasteiger partial charge in [-0.2, -0.15) is 4.98 Å². The van der Waals surface area contributed by atoms with Crippen molar-refractivity contribution in [2.45, 2.75) is 44.0 Å². The number of nitro groups is 1. The maximum atomic E-state index is 14.4. The quantitative estimate of drug-likeness (QED) is 0.0902. The number of hydrogen-bond donors (Lipinski definition) is 3. The van der Waals surface area contributed by atoms with Crippen LogP contribution in [0.1, 0.15) is 49.0 Å². The molecule has 10 rings (SSSR count). The van der Waals surface area contributed by atoms with E-state index in [1.54, 1.807) is 12.3 Å². The highest BCUT2D eigenvalue weighted by Crippen LogP contribution is 2.45. The molecule has 3 N–H and O–H groups in total. The normalized spacial score (nSPS) is 20.1. The third kappa shape index (κ3) is 9.50. The third-order valence-electron chi connectivity index (χ3n) is 13.5. The van der Waals surface area contributed by atoms with Crippen molar-refractivity contribution in [3.8, 4) is 11.6 Å². The van der Waals surface area contributed by atoms with E-state index in [1.807, 2.05) is 41.3 Å². The average molecular weight is 953 g/mol. The van der Waals surface area contributed by atoms with Crippen LogP contribution in [0.4, 0.5) is 28.4 Å². The van der Waals surface area contributed by atoms with E-state index in [1.165, 1.54) is 22.8 Å². The molecule has 1 aliphatic carbocycles. The maximum Gasteiger partial charge on any atom is 0.297 e. The Morgan fingerprint density at radius 2 is 1.73 bits per heavy atom.